The summed E-state index contributed by atoms with van der Waals surface area (Å²) in [5.41, 5.74) is 3.09. The Morgan fingerprint density at radius 1 is 0.903 bits per heavy atom. The summed E-state index contributed by atoms with van der Waals surface area (Å²) < 4.78 is 7.15. The van der Waals surface area contributed by atoms with Gasteiger partial charge in [-0.05, 0) is 23.8 Å². The minimum atomic E-state index is -0.149. The van der Waals surface area contributed by atoms with E-state index in [4.69, 9.17) is 4.42 Å². The van der Waals surface area contributed by atoms with Gasteiger partial charge in [0.2, 0.25) is 0 Å². The number of furan rings is 1. The van der Waals surface area contributed by atoms with E-state index in [2.05, 4.69) is 22.1 Å². The molecule has 2 amide bonds. The Balaban J connectivity index is 1.27. The van der Waals surface area contributed by atoms with E-state index in [1.165, 1.54) is 6.26 Å². The molecule has 31 heavy (non-hydrogen) atoms. The number of hydrogen-bond donors (Lipinski definition) is 0. The molecule has 1 aromatic carbocycles. The van der Waals surface area contributed by atoms with Crippen molar-refractivity contribution in [2.24, 2.45) is 0 Å². The van der Waals surface area contributed by atoms with Gasteiger partial charge in [0.25, 0.3) is 11.8 Å². The molecule has 5 rings (SSSR count). The van der Waals surface area contributed by atoms with Crippen LogP contribution in [-0.2, 0) is 6.54 Å². The summed E-state index contributed by atoms with van der Waals surface area (Å²) in [7, 11) is 0. The zero-order valence-electron chi connectivity index (χ0n) is 16.8. The van der Waals surface area contributed by atoms with Crippen molar-refractivity contribution in [2.75, 3.05) is 26.2 Å². The van der Waals surface area contributed by atoms with Gasteiger partial charge in [-0.2, -0.15) is 0 Å². The van der Waals surface area contributed by atoms with Crippen molar-refractivity contribution in [1.82, 2.24) is 24.3 Å². The fourth-order valence-electron chi connectivity index (χ4n) is 3.81. The lowest BCUT2D eigenvalue weighted by atomic mass is 10.2. The second-order valence-corrected chi connectivity index (χ2v) is 7.49. The van der Waals surface area contributed by atoms with Gasteiger partial charge in [-0.1, -0.05) is 30.3 Å². The van der Waals surface area contributed by atoms with Crippen molar-refractivity contribution < 1.29 is 14.0 Å². The molecule has 0 saturated carbocycles. The third kappa shape index (κ3) is 3.79. The molecule has 1 aliphatic heterocycles. The lowest BCUT2D eigenvalue weighted by molar-refractivity contribution is 0.0518. The van der Waals surface area contributed by atoms with Crippen molar-refractivity contribution in [3.63, 3.8) is 0 Å². The minimum absolute atomic E-state index is 0.0999. The van der Waals surface area contributed by atoms with Crippen LogP contribution in [-0.4, -0.2) is 62.3 Å². The Morgan fingerprint density at radius 3 is 2.35 bits per heavy atom. The molecule has 0 N–H and O–H groups in total. The number of benzene rings is 1. The molecule has 0 unspecified atom stereocenters. The van der Waals surface area contributed by atoms with E-state index >= 15 is 0 Å². The van der Waals surface area contributed by atoms with Crippen LogP contribution in [0, 0.1) is 0 Å². The third-order valence-corrected chi connectivity index (χ3v) is 5.48. The molecule has 0 aliphatic carbocycles. The maximum Gasteiger partial charge on any atom is 0.289 e. The zero-order chi connectivity index (χ0) is 21.2. The number of carbonyl (C=O) groups excluding carboxylic acids is 2. The predicted octanol–water partition coefficient (Wildman–Crippen LogP) is 2.67. The first-order chi connectivity index (χ1) is 15.2. The van der Waals surface area contributed by atoms with Crippen LogP contribution in [0.25, 0.3) is 11.2 Å². The highest BCUT2D eigenvalue weighted by Gasteiger charge is 2.27. The number of pyridine rings is 1. The maximum atomic E-state index is 13.0. The number of rotatable bonds is 4. The Kier molecular flexibility index (Phi) is 4.95. The third-order valence-electron chi connectivity index (χ3n) is 5.48. The van der Waals surface area contributed by atoms with Crippen LogP contribution in [0.3, 0.4) is 0 Å². The maximum absolute atomic E-state index is 13.0. The van der Waals surface area contributed by atoms with Crippen molar-refractivity contribution in [2.45, 2.75) is 6.54 Å². The first kappa shape index (κ1) is 19.0. The van der Waals surface area contributed by atoms with Gasteiger partial charge < -0.3 is 18.8 Å². The molecular formula is C23H21N5O3. The van der Waals surface area contributed by atoms with Crippen LogP contribution in [0.15, 0.2) is 71.7 Å². The Morgan fingerprint density at radius 2 is 1.65 bits per heavy atom. The van der Waals surface area contributed by atoms with Gasteiger partial charge in [0.15, 0.2) is 11.4 Å². The average molecular weight is 415 g/mol. The molecule has 0 radical (unpaired) electrons. The zero-order valence-corrected chi connectivity index (χ0v) is 16.8. The molecule has 1 saturated heterocycles. The van der Waals surface area contributed by atoms with Gasteiger partial charge in [-0.25, -0.2) is 9.97 Å². The molecular weight excluding hydrogens is 394 g/mol. The topological polar surface area (TPSA) is 84.5 Å². The molecule has 8 nitrogen and oxygen atoms in total. The summed E-state index contributed by atoms with van der Waals surface area (Å²) >= 11 is 0. The Labute approximate surface area is 178 Å². The average Bonchev–Trinajstić information content (AvgIpc) is 3.49. The van der Waals surface area contributed by atoms with Crippen LogP contribution in [0.5, 0.6) is 0 Å². The van der Waals surface area contributed by atoms with Gasteiger partial charge in [0, 0.05) is 32.4 Å². The fraction of sp³-hybridized carbons (Fsp3) is 0.217. The Hall–Kier alpha value is -3.94. The van der Waals surface area contributed by atoms with Gasteiger partial charge >= 0.3 is 0 Å². The standard InChI is InChI=1S/C23H21N5O3/c29-22(26-8-10-27(11-9-26)23(30)20-7-4-12-31-20)18-13-19-21(24-14-18)28(16-25-19)15-17-5-2-1-3-6-17/h1-7,12-14,16H,8-11,15H2. The van der Waals surface area contributed by atoms with Crippen LogP contribution in [0.2, 0.25) is 0 Å². The number of amides is 2. The lowest BCUT2D eigenvalue weighted by Crippen LogP contribution is -2.50. The highest BCUT2D eigenvalue weighted by atomic mass is 16.3. The summed E-state index contributed by atoms with van der Waals surface area (Å²) in [5, 5.41) is 0. The molecule has 0 atom stereocenters. The highest BCUT2D eigenvalue weighted by Crippen LogP contribution is 2.17. The second kappa shape index (κ2) is 8.06. The molecule has 4 aromatic rings. The minimum Gasteiger partial charge on any atom is -0.459 e. The molecule has 0 spiro atoms. The molecule has 1 fully saturated rings. The number of aromatic nitrogens is 3. The van der Waals surface area contributed by atoms with Crippen LogP contribution in [0.4, 0.5) is 0 Å². The molecule has 1 aliphatic rings. The number of hydrogen-bond acceptors (Lipinski definition) is 5. The number of nitrogens with zero attached hydrogens (tertiary/aromatic N) is 5. The molecule has 0 bridgehead atoms. The first-order valence-corrected chi connectivity index (χ1v) is 10.2. The lowest BCUT2D eigenvalue weighted by Gasteiger charge is -2.34. The van der Waals surface area contributed by atoms with Crippen molar-refractivity contribution in [3.8, 4) is 0 Å². The Bertz CT molecular complexity index is 1210. The van der Waals surface area contributed by atoms with Crippen molar-refractivity contribution >= 4 is 23.0 Å². The van der Waals surface area contributed by atoms with Gasteiger partial charge in [0.1, 0.15) is 5.52 Å². The van der Waals surface area contributed by atoms with Crippen molar-refractivity contribution in [1.29, 1.82) is 0 Å². The van der Waals surface area contributed by atoms with E-state index in [0.29, 0.717) is 49.6 Å². The molecule has 4 heterocycles. The number of carbonyl (C=O) groups is 2. The summed E-state index contributed by atoms with van der Waals surface area (Å²) in [6.07, 6.45) is 4.84. The number of imidazole rings is 1. The number of piperazine rings is 1. The van der Waals surface area contributed by atoms with E-state index in [1.807, 2.05) is 22.8 Å². The normalized spacial score (nSPS) is 14.2. The number of fused-ring (bicyclic) bond motifs is 1. The summed E-state index contributed by atoms with van der Waals surface area (Å²) in [6, 6.07) is 15.2. The first-order valence-electron chi connectivity index (χ1n) is 10.2. The van der Waals surface area contributed by atoms with Crippen molar-refractivity contribution in [3.05, 3.63) is 84.2 Å². The van der Waals surface area contributed by atoms with Gasteiger partial charge in [-0.15, -0.1) is 0 Å². The van der Waals surface area contributed by atoms with E-state index in [0.717, 1.165) is 11.2 Å². The largest absolute Gasteiger partial charge is 0.459 e. The summed E-state index contributed by atoms with van der Waals surface area (Å²) in [4.78, 5) is 37.8. The predicted molar refractivity (Wildman–Crippen MR) is 114 cm³/mol. The van der Waals surface area contributed by atoms with E-state index in [9.17, 15) is 9.59 Å². The van der Waals surface area contributed by atoms with Crippen LogP contribution < -0.4 is 0 Å². The molecule has 8 heteroatoms. The molecule has 3 aromatic heterocycles. The van der Waals surface area contributed by atoms with Crippen LogP contribution >= 0.6 is 0 Å². The monoisotopic (exact) mass is 415 g/mol. The summed E-state index contributed by atoms with van der Waals surface area (Å²) in [5.74, 6) is 0.0711. The summed E-state index contributed by atoms with van der Waals surface area (Å²) in [6.45, 7) is 2.53. The SMILES string of the molecule is O=C(c1cnc2c(c1)ncn2Cc1ccccc1)N1CCN(C(=O)c2ccco2)CC1. The van der Waals surface area contributed by atoms with Crippen LogP contribution in [0.1, 0.15) is 26.5 Å². The quantitative estimate of drug-likeness (QED) is 0.512. The smallest absolute Gasteiger partial charge is 0.289 e. The van der Waals surface area contributed by atoms with Gasteiger partial charge in [-0.3, -0.25) is 9.59 Å². The molecule has 156 valence electrons. The highest BCUT2D eigenvalue weighted by molar-refractivity contribution is 5.97. The van der Waals surface area contributed by atoms with E-state index < -0.39 is 0 Å². The van der Waals surface area contributed by atoms with E-state index in [1.54, 1.807) is 40.5 Å². The van der Waals surface area contributed by atoms with Gasteiger partial charge in [0.05, 0.1) is 24.7 Å². The second-order valence-electron chi connectivity index (χ2n) is 7.49. The fourth-order valence-corrected chi connectivity index (χ4v) is 3.81. The van der Waals surface area contributed by atoms with E-state index in [-0.39, 0.29) is 11.8 Å².